The SMILES string of the molecule is CNS(=O)(=O)c1ccc(CN2C(=O)Nc3ccc(C(=O)NCc4cccc(OC)c4)cc3S2(=O)=O)cc1. The van der Waals surface area contributed by atoms with E-state index in [9.17, 15) is 26.4 Å². The van der Waals surface area contributed by atoms with Crippen molar-refractivity contribution >= 4 is 37.7 Å². The smallest absolute Gasteiger partial charge is 0.336 e. The van der Waals surface area contributed by atoms with Crippen LogP contribution in [0.3, 0.4) is 0 Å². The maximum atomic E-state index is 13.3. The van der Waals surface area contributed by atoms with Gasteiger partial charge in [0.05, 0.1) is 24.2 Å². The molecule has 0 saturated carbocycles. The van der Waals surface area contributed by atoms with Crippen LogP contribution in [0.25, 0.3) is 0 Å². The highest BCUT2D eigenvalue weighted by Crippen LogP contribution is 2.32. The quantitative estimate of drug-likeness (QED) is 0.394. The number of rotatable bonds is 8. The molecule has 1 heterocycles. The highest BCUT2D eigenvalue weighted by molar-refractivity contribution is 7.90. The molecule has 1 aliphatic heterocycles. The van der Waals surface area contributed by atoms with E-state index in [1.807, 2.05) is 6.07 Å². The maximum Gasteiger partial charge on any atom is 0.336 e. The third kappa shape index (κ3) is 5.43. The van der Waals surface area contributed by atoms with Crippen molar-refractivity contribution in [3.05, 3.63) is 83.4 Å². The summed E-state index contributed by atoms with van der Waals surface area (Å²) in [4.78, 5) is 25.1. The minimum Gasteiger partial charge on any atom is -0.497 e. The molecule has 0 radical (unpaired) electrons. The Kier molecular flexibility index (Phi) is 7.21. The van der Waals surface area contributed by atoms with Gasteiger partial charge in [0, 0.05) is 12.1 Å². The molecular formula is C24H24N4O7S2. The van der Waals surface area contributed by atoms with Crippen LogP contribution < -0.4 is 20.1 Å². The van der Waals surface area contributed by atoms with Crippen LogP contribution in [0.2, 0.25) is 0 Å². The van der Waals surface area contributed by atoms with Gasteiger partial charge in [-0.1, -0.05) is 24.3 Å². The van der Waals surface area contributed by atoms with Crippen LogP contribution in [0.5, 0.6) is 5.75 Å². The molecule has 1 aliphatic rings. The number of ether oxygens (including phenoxy) is 1. The molecular weight excluding hydrogens is 520 g/mol. The number of fused-ring (bicyclic) bond motifs is 1. The van der Waals surface area contributed by atoms with E-state index in [2.05, 4.69) is 15.4 Å². The first-order valence-electron chi connectivity index (χ1n) is 11.0. The molecule has 3 aromatic carbocycles. The molecule has 0 fully saturated rings. The first-order chi connectivity index (χ1) is 17.5. The predicted octanol–water partition coefficient (Wildman–Crippen LogP) is 2.27. The van der Waals surface area contributed by atoms with Gasteiger partial charge in [0.1, 0.15) is 10.6 Å². The van der Waals surface area contributed by atoms with E-state index in [0.29, 0.717) is 15.6 Å². The molecule has 3 aromatic rings. The van der Waals surface area contributed by atoms with Crippen molar-refractivity contribution in [2.75, 3.05) is 19.5 Å². The Hall–Kier alpha value is -3.94. The van der Waals surface area contributed by atoms with Crippen LogP contribution >= 0.6 is 0 Å². The number of benzene rings is 3. The number of carbonyl (C=O) groups is 2. The second-order valence-corrected chi connectivity index (χ2v) is 11.8. The summed E-state index contributed by atoms with van der Waals surface area (Å²) in [6, 6.07) is 15.7. The number of amides is 3. The third-order valence-corrected chi connectivity index (χ3v) is 8.89. The van der Waals surface area contributed by atoms with E-state index in [0.717, 1.165) is 5.56 Å². The Labute approximate surface area is 214 Å². The predicted molar refractivity (Wildman–Crippen MR) is 135 cm³/mol. The highest BCUT2D eigenvalue weighted by atomic mass is 32.2. The van der Waals surface area contributed by atoms with Crippen LogP contribution in [0, 0.1) is 0 Å². The molecule has 11 nitrogen and oxygen atoms in total. The first kappa shape index (κ1) is 26.1. The molecule has 4 rings (SSSR count). The monoisotopic (exact) mass is 544 g/mol. The van der Waals surface area contributed by atoms with Crippen molar-refractivity contribution in [1.82, 2.24) is 14.3 Å². The Bertz CT molecular complexity index is 1570. The van der Waals surface area contributed by atoms with E-state index in [4.69, 9.17) is 4.74 Å². The largest absolute Gasteiger partial charge is 0.497 e. The zero-order chi connectivity index (χ0) is 26.8. The highest BCUT2D eigenvalue weighted by Gasteiger charge is 2.37. The van der Waals surface area contributed by atoms with Gasteiger partial charge >= 0.3 is 6.03 Å². The van der Waals surface area contributed by atoms with Crippen LogP contribution in [0.1, 0.15) is 21.5 Å². The van der Waals surface area contributed by atoms with Crippen molar-refractivity contribution in [3.8, 4) is 5.75 Å². The summed E-state index contributed by atoms with van der Waals surface area (Å²) >= 11 is 0. The molecule has 3 amide bonds. The van der Waals surface area contributed by atoms with Gasteiger partial charge in [-0.3, -0.25) is 4.79 Å². The number of methoxy groups -OCH3 is 1. The number of hydrogen-bond donors (Lipinski definition) is 3. The molecule has 0 spiro atoms. The molecule has 0 aromatic heterocycles. The zero-order valence-corrected chi connectivity index (χ0v) is 21.5. The van der Waals surface area contributed by atoms with Gasteiger partial charge < -0.3 is 15.4 Å². The second-order valence-electron chi connectivity index (χ2n) is 8.04. The van der Waals surface area contributed by atoms with Crippen molar-refractivity contribution < 1.29 is 31.2 Å². The molecule has 3 N–H and O–H groups in total. The maximum absolute atomic E-state index is 13.3. The standard InChI is InChI=1S/C24H24N4O7S2/c1-25-36(31,32)20-9-6-16(7-10-20)15-28-24(30)27-21-11-8-18(13-22(21)37(28,33)34)23(29)26-14-17-4-3-5-19(12-17)35-2/h3-13,25H,14-15H2,1-2H3,(H,26,29)(H,27,30). The number of sulfonamides is 2. The van der Waals surface area contributed by atoms with E-state index >= 15 is 0 Å². The lowest BCUT2D eigenvalue weighted by atomic mass is 10.1. The van der Waals surface area contributed by atoms with Crippen LogP contribution in [-0.4, -0.2) is 47.2 Å². The van der Waals surface area contributed by atoms with Gasteiger partial charge in [-0.15, -0.1) is 0 Å². The molecule has 13 heteroatoms. The van der Waals surface area contributed by atoms with Crippen molar-refractivity contribution in [1.29, 1.82) is 0 Å². The molecule has 0 bridgehead atoms. The average molecular weight is 545 g/mol. The fourth-order valence-electron chi connectivity index (χ4n) is 3.67. The summed E-state index contributed by atoms with van der Waals surface area (Å²) in [5, 5.41) is 5.26. The van der Waals surface area contributed by atoms with Crippen molar-refractivity contribution in [2.24, 2.45) is 0 Å². The van der Waals surface area contributed by atoms with E-state index in [1.165, 1.54) is 56.6 Å². The molecule has 0 unspecified atom stereocenters. The summed E-state index contributed by atoms with van der Waals surface area (Å²) in [6.07, 6.45) is 0. The number of nitrogens with one attached hydrogen (secondary N) is 3. The summed E-state index contributed by atoms with van der Waals surface area (Å²) in [6.45, 7) is -0.137. The molecule has 0 aliphatic carbocycles. The number of nitrogens with zero attached hydrogens (tertiary/aromatic N) is 1. The Morgan fingerprint density at radius 2 is 1.76 bits per heavy atom. The first-order valence-corrected chi connectivity index (χ1v) is 13.9. The molecule has 0 atom stereocenters. The molecule has 0 saturated heterocycles. The van der Waals surface area contributed by atoms with Gasteiger partial charge in [0.15, 0.2) is 0 Å². The second kappa shape index (κ2) is 10.2. The lowest BCUT2D eigenvalue weighted by Crippen LogP contribution is -2.43. The minimum atomic E-state index is -4.31. The lowest BCUT2D eigenvalue weighted by Gasteiger charge is -2.29. The number of anilines is 1. The fourth-order valence-corrected chi connectivity index (χ4v) is 5.89. The summed E-state index contributed by atoms with van der Waals surface area (Å²) in [5.41, 5.74) is 1.35. The van der Waals surface area contributed by atoms with E-state index in [-0.39, 0.29) is 34.1 Å². The van der Waals surface area contributed by atoms with Gasteiger partial charge in [-0.05, 0) is 60.6 Å². The topological polar surface area (TPSA) is 151 Å². The Balaban J connectivity index is 1.54. The number of urea groups is 1. The Morgan fingerprint density at radius 1 is 1.03 bits per heavy atom. The average Bonchev–Trinajstić information content (AvgIpc) is 2.90. The van der Waals surface area contributed by atoms with Crippen LogP contribution in [0.4, 0.5) is 10.5 Å². The van der Waals surface area contributed by atoms with Gasteiger partial charge in [0.2, 0.25) is 10.0 Å². The minimum absolute atomic E-state index is 0.000325. The summed E-state index contributed by atoms with van der Waals surface area (Å²) < 4.78 is 58.5. The van der Waals surface area contributed by atoms with Gasteiger partial charge in [0.25, 0.3) is 15.9 Å². The van der Waals surface area contributed by atoms with Crippen molar-refractivity contribution in [2.45, 2.75) is 22.9 Å². The fraction of sp³-hybridized carbons (Fsp3) is 0.167. The van der Waals surface area contributed by atoms with Crippen molar-refractivity contribution in [3.63, 3.8) is 0 Å². The number of hydrogen-bond acceptors (Lipinski definition) is 7. The summed E-state index contributed by atoms with van der Waals surface area (Å²) in [5.74, 6) is 0.145. The van der Waals surface area contributed by atoms with E-state index < -0.39 is 32.0 Å². The molecule has 37 heavy (non-hydrogen) atoms. The third-order valence-electron chi connectivity index (χ3n) is 5.70. The normalized spacial score (nSPS) is 14.4. The summed E-state index contributed by atoms with van der Waals surface area (Å²) in [7, 11) is -5.16. The van der Waals surface area contributed by atoms with Gasteiger partial charge in [-0.25, -0.2) is 30.7 Å². The lowest BCUT2D eigenvalue weighted by molar-refractivity contribution is 0.0950. The van der Waals surface area contributed by atoms with E-state index in [1.54, 1.807) is 18.2 Å². The van der Waals surface area contributed by atoms with Crippen LogP contribution in [-0.2, 0) is 33.1 Å². The number of carbonyl (C=O) groups excluding carboxylic acids is 2. The molecule has 194 valence electrons. The zero-order valence-electron chi connectivity index (χ0n) is 19.9. The van der Waals surface area contributed by atoms with Gasteiger partial charge in [-0.2, -0.15) is 0 Å². The van der Waals surface area contributed by atoms with Crippen LogP contribution in [0.15, 0.2) is 76.5 Å². The Morgan fingerprint density at radius 3 is 2.43 bits per heavy atom.